The minimum atomic E-state index is -1.47. The molecule has 0 radical (unpaired) electrons. The third-order valence-electron chi connectivity index (χ3n) is 5.71. The van der Waals surface area contributed by atoms with E-state index in [2.05, 4.69) is 44.1 Å². The lowest BCUT2D eigenvalue weighted by Gasteiger charge is -2.56. The number of thiol groups is 1. The number of amides is 2. The number of carboxylic acid groups (broad SMARTS) is 1. The van der Waals surface area contributed by atoms with Gasteiger partial charge in [0.15, 0.2) is 17.6 Å². The number of aryl methyl sites for hydroxylation is 1. The number of tetrazole rings is 1. The second-order valence-electron chi connectivity index (χ2n) is 7.70. The normalized spacial score (nSPS) is 25.2. The molecular formula is C17H18BrN7O6S2. The third-order valence-corrected chi connectivity index (χ3v) is 8.53. The maximum Gasteiger partial charge on any atom is 0.313 e. The van der Waals surface area contributed by atoms with Crippen molar-refractivity contribution < 1.29 is 24.6 Å². The number of halogens is 1. The van der Waals surface area contributed by atoms with Crippen molar-refractivity contribution in [2.75, 3.05) is 17.3 Å². The summed E-state index contributed by atoms with van der Waals surface area (Å²) in [6.07, 6.45) is 2.32. The number of aromatic nitrogens is 5. The number of aromatic hydroxyl groups is 1. The van der Waals surface area contributed by atoms with Gasteiger partial charge < -0.3 is 15.1 Å². The summed E-state index contributed by atoms with van der Waals surface area (Å²) in [6, 6.07) is -0.956. The number of hydrogen-bond acceptors (Lipinski definition) is 10. The fraction of sp³-hybridized carbons (Fsp3) is 0.471. The van der Waals surface area contributed by atoms with Gasteiger partial charge in [0.05, 0.1) is 15.9 Å². The maximum atomic E-state index is 13.1. The number of β-lactam (4-membered cyclic amide) rings is 1. The van der Waals surface area contributed by atoms with Crippen LogP contribution < -0.4 is 10.4 Å². The second kappa shape index (κ2) is 8.32. The predicted molar refractivity (Wildman–Crippen MR) is 121 cm³/mol. The van der Waals surface area contributed by atoms with Gasteiger partial charge in [0.1, 0.15) is 10.8 Å². The van der Waals surface area contributed by atoms with Crippen LogP contribution in [0.15, 0.2) is 21.7 Å². The lowest BCUT2D eigenvalue weighted by molar-refractivity contribution is -0.158. The van der Waals surface area contributed by atoms with E-state index >= 15 is 0 Å². The van der Waals surface area contributed by atoms with E-state index in [1.165, 1.54) is 39.1 Å². The molecule has 2 aliphatic rings. The largest absolute Gasteiger partial charge is 0.503 e. The molecule has 16 heteroatoms. The van der Waals surface area contributed by atoms with Crippen molar-refractivity contribution in [1.82, 2.24) is 29.8 Å². The molecule has 2 N–H and O–H groups in total. The molecule has 4 rings (SSSR count). The SMILES string of the molecule is CC(=O)N(C1C(=O)N2CC(C(=O)O)(C(S)c3nnnn3C)CS[C@H]12)n1cc(O)c(=O)c(Br)c1. The molecule has 3 unspecified atom stereocenters. The Kier molecular flexibility index (Phi) is 5.94. The highest BCUT2D eigenvalue weighted by Crippen LogP contribution is 2.50. The Morgan fingerprint density at radius 3 is 2.64 bits per heavy atom. The molecule has 2 amide bonds. The molecule has 4 atom stereocenters. The van der Waals surface area contributed by atoms with Crippen LogP contribution in [0.5, 0.6) is 5.75 Å². The Labute approximate surface area is 204 Å². The van der Waals surface area contributed by atoms with Crippen LogP contribution in [-0.2, 0) is 21.4 Å². The predicted octanol–water partition coefficient (Wildman–Crippen LogP) is -0.650. The van der Waals surface area contributed by atoms with Crippen LogP contribution in [-0.4, -0.2) is 81.5 Å². The summed E-state index contributed by atoms with van der Waals surface area (Å²) in [6.45, 7) is 1.10. The molecule has 0 saturated carbocycles. The van der Waals surface area contributed by atoms with Gasteiger partial charge in [0.2, 0.25) is 11.3 Å². The van der Waals surface area contributed by atoms with Gasteiger partial charge in [-0.2, -0.15) is 12.6 Å². The van der Waals surface area contributed by atoms with Gasteiger partial charge in [-0.25, -0.2) is 9.69 Å². The Bertz CT molecular complexity index is 1190. The van der Waals surface area contributed by atoms with Crippen LogP contribution in [0.25, 0.3) is 0 Å². The number of aliphatic carboxylic acids is 1. The highest BCUT2D eigenvalue weighted by molar-refractivity contribution is 9.10. The molecule has 2 aromatic rings. The van der Waals surface area contributed by atoms with Crippen molar-refractivity contribution >= 4 is 58.1 Å². The minimum Gasteiger partial charge on any atom is -0.503 e. The average molecular weight is 560 g/mol. The summed E-state index contributed by atoms with van der Waals surface area (Å²) in [7, 11) is 1.57. The summed E-state index contributed by atoms with van der Waals surface area (Å²) in [5.74, 6) is -2.39. The standard InChI is InChI=1S/C17H18BrN7O6S2/c1-7(26)25(23-3-8(18)11(28)9(27)4-23)10-14(29)24-5-17(16(30)31,6-33-15(10)24)12(32)13-19-20-21-22(13)2/h3-4,10,12,15,27,32H,5-6H2,1-2H3,(H,30,31)/t10?,12?,15-,17?/m1/s1. The van der Waals surface area contributed by atoms with Crippen molar-refractivity contribution in [2.24, 2.45) is 12.5 Å². The fourth-order valence-corrected chi connectivity index (χ4v) is 6.60. The lowest BCUT2D eigenvalue weighted by Crippen LogP contribution is -2.76. The highest BCUT2D eigenvalue weighted by Gasteiger charge is 2.62. The number of thioether (sulfide) groups is 1. The average Bonchev–Trinajstić information content (AvgIpc) is 3.19. The summed E-state index contributed by atoms with van der Waals surface area (Å²) >= 11 is 8.74. The summed E-state index contributed by atoms with van der Waals surface area (Å²) in [4.78, 5) is 51.1. The topological polar surface area (TPSA) is 164 Å². The maximum absolute atomic E-state index is 13.1. The van der Waals surface area contributed by atoms with E-state index in [4.69, 9.17) is 0 Å². The zero-order chi connectivity index (χ0) is 24.2. The van der Waals surface area contributed by atoms with Crippen LogP contribution in [0.3, 0.4) is 0 Å². The van der Waals surface area contributed by atoms with Gasteiger partial charge in [0.25, 0.3) is 5.91 Å². The van der Waals surface area contributed by atoms with Gasteiger partial charge in [-0.1, -0.05) is 0 Å². The first kappa shape index (κ1) is 23.6. The van der Waals surface area contributed by atoms with Crippen LogP contribution in [0.4, 0.5) is 0 Å². The number of carboxylic acids is 1. The van der Waals surface area contributed by atoms with E-state index in [1.807, 2.05) is 0 Å². The van der Waals surface area contributed by atoms with Gasteiger partial charge in [-0.3, -0.25) is 23.9 Å². The van der Waals surface area contributed by atoms with Crippen LogP contribution >= 0.6 is 40.3 Å². The number of pyridine rings is 1. The molecule has 0 bridgehead atoms. The summed E-state index contributed by atoms with van der Waals surface area (Å²) in [5, 5.41) is 30.8. The van der Waals surface area contributed by atoms with E-state index in [0.29, 0.717) is 0 Å². The molecule has 2 saturated heterocycles. The molecule has 0 aliphatic carbocycles. The lowest BCUT2D eigenvalue weighted by atomic mass is 9.83. The van der Waals surface area contributed by atoms with E-state index in [1.54, 1.807) is 7.05 Å². The van der Waals surface area contributed by atoms with Crippen LogP contribution in [0, 0.1) is 5.41 Å². The van der Waals surface area contributed by atoms with Crippen LogP contribution in [0.1, 0.15) is 18.0 Å². The number of carbonyl (C=O) groups is 3. The highest BCUT2D eigenvalue weighted by atomic mass is 79.9. The van der Waals surface area contributed by atoms with Gasteiger partial charge in [-0.05, 0) is 26.4 Å². The summed E-state index contributed by atoms with van der Waals surface area (Å²) < 4.78 is 2.52. The molecular weight excluding hydrogens is 542 g/mol. The van der Waals surface area contributed by atoms with Crippen LogP contribution in [0.2, 0.25) is 0 Å². The molecule has 33 heavy (non-hydrogen) atoms. The monoisotopic (exact) mass is 559 g/mol. The smallest absolute Gasteiger partial charge is 0.313 e. The first-order chi connectivity index (χ1) is 15.5. The second-order valence-corrected chi connectivity index (χ2v) is 10.2. The Hall–Kier alpha value is -2.59. The number of rotatable bonds is 5. The zero-order valence-electron chi connectivity index (χ0n) is 17.2. The van der Waals surface area contributed by atoms with E-state index in [-0.39, 0.29) is 22.6 Å². The van der Waals surface area contributed by atoms with Crippen molar-refractivity contribution in [3.05, 3.63) is 32.9 Å². The molecule has 2 aromatic heterocycles. The Balaban J connectivity index is 1.65. The molecule has 4 heterocycles. The van der Waals surface area contributed by atoms with E-state index in [0.717, 1.165) is 11.2 Å². The fourth-order valence-electron chi connectivity index (χ4n) is 3.94. The quantitative estimate of drug-likeness (QED) is 0.316. The molecule has 0 aromatic carbocycles. The van der Waals surface area contributed by atoms with E-state index in [9.17, 15) is 29.4 Å². The first-order valence-electron chi connectivity index (χ1n) is 9.46. The molecule has 176 valence electrons. The minimum absolute atomic E-state index is 0.00812. The van der Waals surface area contributed by atoms with Crippen molar-refractivity contribution in [2.45, 2.75) is 23.6 Å². The van der Waals surface area contributed by atoms with Crippen molar-refractivity contribution in [1.29, 1.82) is 0 Å². The van der Waals surface area contributed by atoms with Gasteiger partial charge >= 0.3 is 5.97 Å². The first-order valence-corrected chi connectivity index (χ1v) is 11.8. The van der Waals surface area contributed by atoms with E-state index < -0.39 is 51.0 Å². The molecule has 13 nitrogen and oxygen atoms in total. The Morgan fingerprint density at radius 1 is 1.39 bits per heavy atom. The third kappa shape index (κ3) is 3.59. The molecule has 2 aliphatic heterocycles. The van der Waals surface area contributed by atoms with Crippen molar-refractivity contribution in [3.8, 4) is 5.75 Å². The number of hydrogen-bond donors (Lipinski definition) is 3. The van der Waals surface area contributed by atoms with Gasteiger partial charge in [0, 0.05) is 32.5 Å². The Morgan fingerprint density at radius 2 is 2.09 bits per heavy atom. The van der Waals surface area contributed by atoms with Gasteiger partial charge in [-0.15, -0.1) is 16.9 Å². The number of fused-ring (bicyclic) bond motifs is 1. The zero-order valence-corrected chi connectivity index (χ0v) is 20.5. The van der Waals surface area contributed by atoms with Crippen molar-refractivity contribution in [3.63, 3.8) is 0 Å². The summed E-state index contributed by atoms with van der Waals surface area (Å²) in [5.41, 5.74) is -2.12. The molecule has 0 spiro atoms. The number of nitrogens with zero attached hydrogens (tertiary/aromatic N) is 7. The number of carbonyl (C=O) groups excluding carboxylic acids is 2. The molecule has 2 fully saturated rings.